The topological polar surface area (TPSA) is 60.9 Å². The van der Waals surface area contributed by atoms with Gasteiger partial charge in [0.05, 0.1) is 22.3 Å². The Labute approximate surface area is 175 Å². The van der Waals surface area contributed by atoms with Crippen LogP contribution in [-0.4, -0.2) is 14.7 Å². The van der Waals surface area contributed by atoms with Crippen LogP contribution in [0.3, 0.4) is 0 Å². The molecular weight excluding hydrogens is 417 g/mol. The van der Waals surface area contributed by atoms with Crippen LogP contribution >= 0.6 is 35.0 Å². The lowest BCUT2D eigenvalue weighted by Crippen LogP contribution is -2.21. The van der Waals surface area contributed by atoms with Crippen molar-refractivity contribution in [3.8, 4) is 5.69 Å². The summed E-state index contributed by atoms with van der Waals surface area (Å²) < 4.78 is 6.83. The van der Waals surface area contributed by atoms with E-state index < -0.39 is 0 Å². The highest BCUT2D eigenvalue weighted by molar-refractivity contribution is 7.98. The number of rotatable bonds is 4. The number of fused-ring (bicyclic) bond motifs is 1. The molecule has 0 aliphatic carbocycles. The third-order valence-electron chi connectivity index (χ3n) is 4.41. The van der Waals surface area contributed by atoms with Crippen molar-refractivity contribution in [3.63, 3.8) is 0 Å². The number of nitrogens with zero attached hydrogens (tertiary/aromatic N) is 3. The predicted molar refractivity (Wildman–Crippen MR) is 113 cm³/mol. The second-order valence-corrected chi connectivity index (χ2v) is 8.08. The summed E-state index contributed by atoms with van der Waals surface area (Å²) in [6, 6.07) is 12.2. The second kappa shape index (κ2) is 7.62. The number of aromatic nitrogens is 3. The molecular formula is C20H15Cl2N3O2S. The molecule has 8 heteroatoms. The Balaban J connectivity index is 1.88. The highest BCUT2D eigenvalue weighted by atomic mass is 35.5. The van der Waals surface area contributed by atoms with E-state index in [1.807, 2.05) is 13.8 Å². The zero-order valence-electron chi connectivity index (χ0n) is 15.1. The summed E-state index contributed by atoms with van der Waals surface area (Å²) in [7, 11) is 0. The van der Waals surface area contributed by atoms with E-state index in [4.69, 9.17) is 32.7 Å². The molecule has 0 radical (unpaired) electrons. The zero-order valence-corrected chi connectivity index (χ0v) is 17.4. The number of aryl methyl sites for hydroxylation is 2. The largest absolute Gasteiger partial charge is 0.361 e. The summed E-state index contributed by atoms with van der Waals surface area (Å²) in [5, 5.41) is 6.18. The van der Waals surface area contributed by atoms with Crippen LogP contribution in [-0.2, 0) is 5.75 Å². The van der Waals surface area contributed by atoms with Crippen molar-refractivity contribution >= 4 is 45.9 Å². The molecule has 0 fully saturated rings. The molecule has 2 aromatic carbocycles. The third-order valence-corrected chi connectivity index (χ3v) is 5.86. The third kappa shape index (κ3) is 3.55. The lowest BCUT2D eigenvalue weighted by atomic mass is 10.2. The van der Waals surface area contributed by atoms with Gasteiger partial charge in [-0.3, -0.25) is 9.36 Å². The number of hydrogen-bond acceptors (Lipinski definition) is 5. The maximum Gasteiger partial charge on any atom is 0.266 e. The van der Waals surface area contributed by atoms with Gasteiger partial charge in [0, 0.05) is 21.4 Å². The zero-order chi connectivity index (χ0) is 19.8. The smallest absolute Gasteiger partial charge is 0.266 e. The Hall–Kier alpha value is -2.28. The van der Waals surface area contributed by atoms with Gasteiger partial charge in [-0.2, -0.15) is 0 Å². The van der Waals surface area contributed by atoms with Gasteiger partial charge in [0.1, 0.15) is 5.76 Å². The average molecular weight is 432 g/mol. The van der Waals surface area contributed by atoms with E-state index >= 15 is 0 Å². The fraction of sp³-hybridized carbons (Fsp3) is 0.150. The Morgan fingerprint density at radius 3 is 2.46 bits per heavy atom. The predicted octanol–water partition coefficient (Wildman–Crippen LogP) is 5.59. The lowest BCUT2D eigenvalue weighted by molar-refractivity contribution is 0.392. The van der Waals surface area contributed by atoms with Gasteiger partial charge < -0.3 is 4.52 Å². The van der Waals surface area contributed by atoms with E-state index in [0.717, 1.165) is 17.0 Å². The summed E-state index contributed by atoms with van der Waals surface area (Å²) >= 11 is 13.6. The number of halogens is 2. The molecule has 4 rings (SSSR count). The molecule has 0 amide bonds. The van der Waals surface area contributed by atoms with Crippen LogP contribution in [0, 0.1) is 13.8 Å². The summed E-state index contributed by atoms with van der Waals surface area (Å²) in [4.78, 5) is 18.0. The Morgan fingerprint density at radius 2 is 1.79 bits per heavy atom. The van der Waals surface area contributed by atoms with Crippen LogP contribution in [0.5, 0.6) is 0 Å². The summed E-state index contributed by atoms with van der Waals surface area (Å²) in [5.41, 5.74) is 2.91. The first kappa shape index (κ1) is 19.1. The van der Waals surface area contributed by atoms with E-state index in [-0.39, 0.29) is 5.56 Å². The summed E-state index contributed by atoms with van der Waals surface area (Å²) in [6.45, 7) is 3.77. The molecule has 2 aromatic heterocycles. The van der Waals surface area contributed by atoms with Gasteiger partial charge in [-0.15, -0.1) is 0 Å². The molecule has 0 spiro atoms. The van der Waals surface area contributed by atoms with Gasteiger partial charge in [-0.25, -0.2) is 4.98 Å². The van der Waals surface area contributed by atoms with Crippen molar-refractivity contribution in [1.29, 1.82) is 0 Å². The van der Waals surface area contributed by atoms with Crippen molar-refractivity contribution in [3.05, 3.63) is 79.9 Å². The molecule has 0 saturated carbocycles. The highest BCUT2D eigenvalue weighted by Crippen LogP contribution is 2.28. The van der Waals surface area contributed by atoms with E-state index in [2.05, 4.69) is 5.16 Å². The van der Waals surface area contributed by atoms with Crippen LogP contribution in [0.4, 0.5) is 0 Å². The van der Waals surface area contributed by atoms with Crippen LogP contribution < -0.4 is 5.56 Å². The van der Waals surface area contributed by atoms with Gasteiger partial charge in [0.25, 0.3) is 5.56 Å². The Kier molecular flexibility index (Phi) is 5.19. The average Bonchev–Trinajstić information content (AvgIpc) is 2.99. The van der Waals surface area contributed by atoms with Gasteiger partial charge in [0.15, 0.2) is 5.16 Å². The summed E-state index contributed by atoms with van der Waals surface area (Å²) in [5.74, 6) is 1.34. The molecule has 0 aliphatic heterocycles. The van der Waals surface area contributed by atoms with Crippen molar-refractivity contribution in [1.82, 2.24) is 14.7 Å². The molecule has 0 unspecified atom stereocenters. The molecule has 0 bridgehead atoms. The quantitative estimate of drug-likeness (QED) is 0.311. The fourth-order valence-corrected chi connectivity index (χ4v) is 4.36. The van der Waals surface area contributed by atoms with E-state index in [0.29, 0.717) is 37.5 Å². The first-order valence-electron chi connectivity index (χ1n) is 8.47. The molecule has 28 heavy (non-hydrogen) atoms. The molecule has 5 nitrogen and oxygen atoms in total. The second-order valence-electron chi connectivity index (χ2n) is 6.26. The van der Waals surface area contributed by atoms with Crippen molar-refractivity contribution < 1.29 is 4.52 Å². The molecule has 142 valence electrons. The van der Waals surface area contributed by atoms with Gasteiger partial charge in [-0.05, 0) is 56.3 Å². The lowest BCUT2D eigenvalue weighted by Gasteiger charge is -2.13. The van der Waals surface area contributed by atoms with Gasteiger partial charge >= 0.3 is 0 Å². The first-order chi connectivity index (χ1) is 13.4. The molecule has 0 atom stereocenters. The van der Waals surface area contributed by atoms with Crippen LogP contribution in [0.1, 0.15) is 17.0 Å². The SMILES string of the molecule is Cc1noc(C)c1CSc1nc2cc(Cl)ccc2c(=O)n1-c1ccc(Cl)cc1. The van der Waals surface area contributed by atoms with Gasteiger partial charge in [-0.1, -0.05) is 40.1 Å². The van der Waals surface area contributed by atoms with Crippen LogP contribution in [0.25, 0.3) is 16.6 Å². The van der Waals surface area contributed by atoms with E-state index in [9.17, 15) is 4.79 Å². The standard InChI is InChI=1S/C20H15Cl2N3O2S/c1-11-17(12(2)27-24-11)10-28-20-23-18-9-14(22)5-8-16(18)19(26)25(20)15-6-3-13(21)4-7-15/h3-9H,10H2,1-2H3. The Morgan fingerprint density at radius 1 is 1.07 bits per heavy atom. The normalized spacial score (nSPS) is 11.3. The fourth-order valence-electron chi connectivity index (χ4n) is 2.90. The molecule has 0 N–H and O–H groups in total. The number of benzene rings is 2. The summed E-state index contributed by atoms with van der Waals surface area (Å²) in [6.07, 6.45) is 0. The molecule has 2 heterocycles. The van der Waals surface area contributed by atoms with Crippen molar-refractivity contribution in [2.45, 2.75) is 24.8 Å². The highest BCUT2D eigenvalue weighted by Gasteiger charge is 2.16. The maximum atomic E-state index is 13.2. The van der Waals surface area contributed by atoms with E-state index in [1.165, 1.54) is 11.8 Å². The van der Waals surface area contributed by atoms with E-state index in [1.54, 1.807) is 47.0 Å². The molecule has 0 aliphatic rings. The Bertz CT molecular complexity index is 1210. The molecule has 0 saturated heterocycles. The number of hydrogen-bond donors (Lipinski definition) is 0. The molecule has 4 aromatic rings. The monoisotopic (exact) mass is 431 g/mol. The van der Waals surface area contributed by atoms with Crippen molar-refractivity contribution in [2.75, 3.05) is 0 Å². The minimum Gasteiger partial charge on any atom is -0.361 e. The first-order valence-corrected chi connectivity index (χ1v) is 10.2. The minimum absolute atomic E-state index is 0.162. The number of thioether (sulfide) groups is 1. The van der Waals surface area contributed by atoms with Crippen molar-refractivity contribution in [2.24, 2.45) is 0 Å². The maximum absolute atomic E-state index is 13.2. The van der Waals surface area contributed by atoms with Gasteiger partial charge in [0.2, 0.25) is 0 Å². The van der Waals surface area contributed by atoms with Crippen LogP contribution in [0.2, 0.25) is 10.0 Å². The minimum atomic E-state index is -0.162. The van der Waals surface area contributed by atoms with Crippen LogP contribution in [0.15, 0.2) is 56.9 Å².